The molecule has 2 rings (SSSR count). The van der Waals surface area contributed by atoms with Gasteiger partial charge in [0.2, 0.25) is 17.8 Å². The summed E-state index contributed by atoms with van der Waals surface area (Å²) in [7, 11) is 0. The first kappa shape index (κ1) is 12.2. The number of pyridine rings is 1. The monoisotopic (exact) mass is 252 g/mol. The molecular weight excluding hydrogens is 242 g/mol. The fraction of sp³-hybridized carbons (Fsp3) is 0.182. The van der Waals surface area contributed by atoms with Crippen molar-refractivity contribution in [2.24, 2.45) is 0 Å². The number of carbonyl (C=O) groups excluding carboxylic acids is 1. The Kier molecular flexibility index (Phi) is 3.61. The number of nitrogens with one attached hydrogen (secondary N) is 1. The lowest BCUT2D eigenvalue weighted by molar-refractivity contribution is -0.116. The Labute approximate surface area is 101 Å². The number of rotatable bonds is 4. The molecule has 0 saturated heterocycles. The van der Waals surface area contributed by atoms with Crippen LogP contribution >= 0.6 is 0 Å². The molecule has 0 aliphatic carbocycles. The first-order chi connectivity index (χ1) is 8.65. The molecule has 7 heteroatoms. The summed E-state index contributed by atoms with van der Waals surface area (Å²) in [5.74, 6) is -2.34. The number of aryl methyl sites for hydroxylation is 1. The Balaban J connectivity index is 1.91. The normalized spacial score (nSPS) is 10.3. The second-order valence-electron chi connectivity index (χ2n) is 3.57. The molecule has 1 N–H and O–H groups in total. The van der Waals surface area contributed by atoms with Gasteiger partial charge in [-0.1, -0.05) is 0 Å². The summed E-state index contributed by atoms with van der Waals surface area (Å²) in [5, 5.41) is 2.32. The molecule has 18 heavy (non-hydrogen) atoms. The summed E-state index contributed by atoms with van der Waals surface area (Å²) in [6.07, 6.45) is 5.05. The van der Waals surface area contributed by atoms with Crippen molar-refractivity contribution < 1.29 is 13.6 Å². The van der Waals surface area contributed by atoms with E-state index in [-0.39, 0.29) is 18.0 Å². The van der Waals surface area contributed by atoms with Gasteiger partial charge in [-0.15, -0.1) is 0 Å². The predicted octanol–water partition coefficient (Wildman–Crippen LogP) is 1.59. The van der Waals surface area contributed by atoms with Gasteiger partial charge in [-0.2, -0.15) is 13.8 Å². The lowest BCUT2D eigenvalue weighted by Crippen LogP contribution is -2.15. The first-order valence-electron chi connectivity index (χ1n) is 5.23. The smallest absolute Gasteiger partial charge is 0.239 e. The van der Waals surface area contributed by atoms with Crippen LogP contribution in [0.15, 0.2) is 30.9 Å². The number of hydrogen-bond donors (Lipinski definition) is 1. The second-order valence-corrected chi connectivity index (χ2v) is 3.57. The third-order valence-corrected chi connectivity index (χ3v) is 2.25. The predicted molar refractivity (Wildman–Crippen MR) is 59.6 cm³/mol. The molecule has 5 nitrogen and oxygen atoms in total. The second kappa shape index (κ2) is 5.35. The molecule has 2 aromatic rings. The van der Waals surface area contributed by atoms with Crippen molar-refractivity contribution in [1.82, 2.24) is 14.5 Å². The molecule has 0 saturated carbocycles. The number of halogens is 2. The van der Waals surface area contributed by atoms with Gasteiger partial charge in [0, 0.05) is 25.4 Å². The van der Waals surface area contributed by atoms with Gasteiger partial charge in [0.25, 0.3) is 0 Å². The minimum Gasteiger partial charge on any atom is -0.337 e. The van der Waals surface area contributed by atoms with E-state index in [1.54, 1.807) is 23.3 Å². The number of nitrogens with zero attached hydrogens (tertiary/aromatic N) is 3. The average molecular weight is 252 g/mol. The van der Waals surface area contributed by atoms with Crippen LogP contribution in [0, 0.1) is 11.9 Å². The van der Waals surface area contributed by atoms with Crippen LogP contribution in [0.1, 0.15) is 6.42 Å². The Morgan fingerprint density at radius 3 is 2.89 bits per heavy atom. The van der Waals surface area contributed by atoms with Crippen molar-refractivity contribution in [3.63, 3.8) is 0 Å². The van der Waals surface area contributed by atoms with Crippen molar-refractivity contribution in [3.8, 4) is 0 Å². The molecule has 0 aliphatic heterocycles. The van der Waals surface area contributed by atoms with Crippen LogP contribution in [0.2, 0.25) is 0 Å². The highest BCUT2D eigenvalue weighted by molar-refractivity contribution is 5.90. The number of amides is 1. The van der Waals surface area contributed by atoms with Gasteiger partial charge < -0.3 is 9.88 Å². The summed E-state index contributed by atoms with van der Waals surface area (Å²) in [6.45, 7) is 0.433. The summed E-state index contributed by atoms with van der Waals surface area (Å²) in [4.78, 5) is 18.3. The molecule has 0 fully saturated rings. The Morgan fingerprint density at radius 2 is 2.22 bits per heavy atom. The third kappa shape index (κ3) is 3.09. The molecule has 0 spiro atoms. The Hall–Kier alpha value is -2.31. The SMILES string of the molecule is O=C(CCn1ccnc1)Nc1ccc(F)nc1F. The highest BCUT2D eigenvalue weighted by atomic mass is 19.1. The van der Waals surface area contributed by atoms with Gasteiger partial charge in [0.1, 0.15) is 0 Å². The van der Waals surface area contributed by atoms with Gasteiger partial charge in [0.15, 0.2) is 0 Å². The number of imidazole rings is 1. The maximum Gasteiger partial charge on any atom is 0.239 e. The zero-order valence-corrected chi connectivity index (χ0v) is 9.31. The summed E-state index contributed by atoms with van der Waals surface area (Å²) < 4.78 is 27.4. The van der Waals surface area contributed by atoms with Crippen molar-refractivity contribution in [2.75, 3.05) is 5.32 Å². The fourth-order valence-electron chi connectivity index (χ4n) is 1.37. The highest BCUT2D eigenvalue weighted by Crippen LogP contribution is 2.11. The van der Waals surface area contributed by atoms with E-state index >= 15 is 0 Å². The quantitative estimate of drug-likeness (QED) is 0.840. The van der Waals surface area contributed by atoms with E-state index in [2.05, 4.69) is 15.3 Å². The van der Waals surface area contributed by atoms with Crippen molar-refractivity contribution in [1.29, 1.82) is 0 Å². The van der Waals surface area contributed by atoms with Crippen LogP contribution in [0.4, 0.5) is 14.5 Å². The van der Waals surface area contributed by atoms with Crippen molar-refractivity contribution >= 4 is 11.6 Å². The van der Waals surface area contributed by atoms with E-state index in [9.17, 15) is 13.6 Å². The van der Waals surface area contributed by atoms with E-state index in [1.165, 1.54) is 0 Å². The van der Waals surface area contributed by atoms with Crippen LogP contribution in [-0.4, -0.2) is 20.4 Å². The Morgan fingerprint density at radius 1 is 1.39 bits per heavy atom. The molecule has 94 valence electrons. The van der Waals surface area contributed by atoms with E-state index in [0.717, 1.165) is 12.1 Å². The number of hydrogen-bond acceptors (Lipinski definition) is 3. The van der Waals surface area contributed by atoms with E-state index < -0.39 is 11.9 Å². The molecule has 0 unspecified atom stereocenters. The molecule has 2 aromatic heterocycles. The molecule has 0 aromatic carbocycles. The largest absolute Gasteiger partial charge is 0.337 e. The van der Waals surface area contributed by atoms with Gasteiger partial charge >= 0.3 is 0 Å². The molecule has 0 bridgehead atoms. The number of anilines is 1. The van der Waals surface area contributed by atoms with Gasteiger partial charge in [0.05, 0.1) is 12.0 Å². The number of aromatic nitrogens is 3. The lowest BCUT2D eigenvalue weighted by Gasteiger charge is -2.06. The minimum atomic E-state index is -1.04. The van der Waals surface area contributed by atoms with Crippen LogP contribution < -0.4 is 5.32 Å². The third-order valence-electron chi connectivity index (χ3n) is 2.25. The summed E-state index contributed by atoms with van der Waals surface area (Å²) in [6, 6.07) is 2.11. The van der Waals surface area contributed by atoms with E-state index in [1.807, 2.05) is 0 Å². The Bertz CT molecular complexity index is 542. The fourth-order valence-corrected chi connectivity index (χ4v) is 1.37. The maximum atomic E-state index is 13.1. The number of carbonyl (C=O) groups is 1. The van der Waals surface area contributed by atoms with E-state index in [0.29, 0.717) is 6.54 Å². The van der Waals surface area contributed by atoms with E-state index in [4.69, 9.17) is 0 Å². The molecule has 0 atom stereocenters. The molecule has 1 amide bonds. The maximum absolute atomic E-state index is 13.1. The molecule has 2 heterocycles. The average Bonchev–Trinajstić information content (AvgIpc) is 2.83. The van der Waals surface area contributed by atoms with Gasteiger partial charge in [-0.25, -0.2) is 4.98 Å². The zero-order valence-electron chi connectivity index (χ0n) is 9.31. The van der Waals surface area contributed by atoms with Crippen LogP contribution in [0.3, 0.4) is 0 Å². The first-order valence-corrected chi connectivity index (χ1v) is 5.23. The topological polar surface area (TPSA) is 59.8 Å². The van der Waals surface area contributed by atoms with Crippen LogP contribution in [0.5, 0.6) is 0 Å². The molecule has 0 aliphatic rings. The van der Waals surface area contributed by atoms with Crippen LogP contribution in [0.25, 0.3) is 0 Å². The molecular formula is C11H10F2N4O. The van der Waals surface area contributed by atoms with Crippen molar-refractivity contribution in [3.05, 3.63) is 42.7 Å². The minimum absolute atomic E-state index is 0.132. The molecule has 0 radical (unpaired) electrons. The lowest BCUT2D eigenvalue weighted by atomic mass is 10.3. The van der Waals surface area contributed by atoms with Crippen LogP contribution in [-0.2, 0) is 11.3 Å². The standard InChI is InChI=1S/C11H10F2N4O/c12-9-2-1-8(11(13)16-9)15-10(18)3-5-17-6-4-14-7-17/h1-2,4,6-7H,3,5H2,(H,15,18). The zero-order chi connectivity index (χ0) is 13.0. The summed E-state index contributed by atoms with van der Waals surface area (Å²) in [5.41, 5.74) is -0.132. The summed E-state index contributed by atoms with van der Waals surface area (Å²) >= 11 is 0. The van der Waals surface area contributed by atoms with Crippen molar-refractivity contribution in [2.45, 2.75) is 13.0 Å². The van der Waals surface area contributed by atoms with Gasteiger partial charge in [-0.05, 0) is 12.1 Å². The van der Waals surface area contributed by atoms with Gasteiger partial charge in [-0.3, -0.25) is 4.79 Å². The highest BCUT2D eigenvalue weighted by Gasteiger charge is 2.09.